The van der Waals surface area contributed by atoms with Crippen molar-refractivity contribution in [2.24, 2.45) is 0 Å². The molecule has 0 saturated carbocycles. The van der Waals surface area contributed by atoms with Crippen LogP contribution >= 0.6 is 15.9 Å². The molecule has 1 rings (SSSR count). The number of aromatic nitrogens is 1. The highest BCUT2D eigenvalue weighted by molar-refractivity contribution is 9.10. The fourth-order valence-electron chi connectivity index (χ4n) is 1.04. The average molecular weight is 286 g/mol. The van der Waals surface area contributed by atoms with Crippen LogP contribution in [0, 0.1) is 0 Å². The predicted octanol–water partition coefficient (Wildman–Crippen LogP) is 2.77. The van der Waals surface area contributed by atoms with Gasteiger partial charge in [0, 0.05) is 10.7 Å². The smallest absolute Gasteiger partial charge is 0.354 e. The Morgan fingerprint density at radius 1 is 1.53 bits per heavy atom. The molecule has 7 heteroatoms. The first-order valence-electron chi connectivity index (χ1n) is 3.85. The molecule has 84 valence electrons. The van der Waals surface area contributed by atoms with Crippen molar-refractivity contribution in [1.82, 2.24) is 4.57 Å². The Morgan fingerprint density at radius 3 is 2.60 bits per heavy atom. The third-order valence-electron chi connectivity index (χ3n) is 1.68. The summed E-state index contributed by atoms with van der Waals surface area (Å²) in [5, 5.41) is 0. The van der Waals surface area contributed by atoms with Gasteiger partial charge in [0.05, 0.1) is 7.11 Å². The van der Waals surface area contributed by atoms with E-state index < -0.39 is 18.7 Å². The molecule has 15 heavy (non-hydrogen) atoms. The van der Waals surface area contributed by atoms with E-state index in [0.717, 1.165) is 13.3 Å². The molecule has 1 heterocycles. The second kappa shape index (κ2) is 4.69. The molecule has 0 N–H and O–H groups in total. The summed E-state index contributed by atoms with van der Waals surface area (Å²) in [5.74, 6) is -0.871. The number of nitrogens with zero attached hydrogens (tertiary/aromatic N) is 1. The molecule has 1 aromatic rings. The summed E-state index contributed by atoms with van der Waals surface area (Å²) in [7, 11) is 1.09. The lowest BCUT2D eigenvalue weighted by molar-refractivity contribution is 0.00531. The van der Waals surface area contributed by atoms with Gasteiger partial charge < -0.3 is 9.30 Å². The molecule has 1 atom stereocenters. The van der Waals surface area contributed by atoms with Crippen LogP contribution in [-0.2, 0) is 4.74 Å². The highest BCUT2D eigenvalue weighted by Gasteiger charge is 2.26. The third kappa shape index (κ3) is 2.53. The van der Waals surface area contributed by atoms with Gasteiger partial charge in [-0.1, -0.05) is 0 Å². The van der Waals surface area contributed by atoms with Crippen LogP contribution < -0.4 is 0 Å². The normalized spacial score (nSPS) is 12.9. The number of hydrogen-bond acceptors (Lipinski definition) is 2. The number of carbonyl (C=O) groups excluding carboxylic acids is 1. The molecule has 0 radical (unpaired) electrons. The van der Waals surface area contributed by atoms with Crippen molar-refractivity contribution in [3.05, 3.63) is 22.4 Å². The van der Waals surface area contributed by atoms with Crippen LogP contribution in [0.5, 0.6) is 0 Å². The number of ether oxygens (including phenoxy) is 1. The Bertz CT molecular complexity index is 367. The maximum Gasteiger partial charge on any atom is 0.354 e. The minimum Gasteiger partial charge on any atom is -0.464 e. The zero-order chi connectivity index (χ0) is 11.6. The minimum absolute atomic E-state index is 0.267. The zero-order valence-corrected chi connectivity index (χ0v) is 9.17. The standard InChI is InChI=1S/C8H7BrF3NO2/c1-15-8(14)5-2-4(9)3-13(5)7(12)6(10)11/h2-3,6-7H,1H3. The van der Waals surface area contributed by atoms with Crippen LogP contribution in [0.4, 0.5) is 13.2 Å². The van der Waals surface area contributed by atoms with Gasteiger partial charge in [-0.2, -0.15) is 0 Å². The molecule has 0 spiro atoms. The van der Waals surface area contributed by atoms with Crippen molar-refractivity contribution >= 4 is 21.9 Å². The van der Waals surface area contributed by atoms with Gasteiger partial charge in [0.25, 0.3) is 6.43 Å². The number of rotatable bonds is 3. The molecule has 3 nitrogen and oxygen atoms in total. The van der Waals surface area contributed by atoms with Gasteiger partial charge in [0.1, 0.15) is 5.69 Å². The molecular formula is C8H7BrF3NO2. The molecule has 0 aliphatic heterocycles. The Morgan fingerprint density at radius 2 is 2.13 bits per heavy atom. The largest absolute Gasteiger partial charge is 0.464 e. The van der Waals surface area contributed by atoms with Crippen molar-refractivity contribution in [3.8, 4) is 0 Å². The highest BCUT2D eigenvalue weighted by Crippen LogP contribution is 2.25. The van der Waals surface area contributed by atoms with Crippen molar-refractivity contribution < 1.29 is 22.7 Å². The maximum atomic E-state index is 13.0. The number of carbonyl (C=O) groups is 1. The van der Waals surface area contributed by atoms with Crippen LogP contribution in [-0.4, -0.2) is 24.1 Å². The first-order valence-corrected chi connectivity index (χ1v) is 4.64. The molecule has 0 bridgehead atoms. The van der Waals surface area contributed by atoms with Crippen molar-refractivity contribution in [2.45, 2.75) is 12.7 Å². The molecule has 0 fully saturated rings. The quantitative estimate of drug-likeness (QED) is 0.800. The Balaban J connectivity index is 3.11. The van der Waals surface area contributed by atoms with Gasteiger partial charge in [-0.15, -0.1) is 0 Å². The summed E-state index contributed by atoms with van der Waals surface area (Å²) in [6.45, 7) is 0. The number of halogens is 4. The summed E-state index contributed by atoms with van der Waals surface area (Å²) in [6.07, 6.45) is -4.71. The third-order valence-corrected chi connectivity index (χ3v) is 2.12. The Kier molecular flexibility index (Phi) is 3.78. The van der Waals surface area contributed by atoms with E-state index in [9.17, 15) is 18.0 Å². The van der Waals surface area contributed by atoms with Crippen LogP contribution in [0.1, 0.15) is 16.8 Å². The molecule has 1 unspecified atom stereocenters. The zero-order valence-electron chi connectivity index (χ0n) is 7.58. The molecule has 0 aromatic carbocycles. The molecule has 0 amide bonds. The Hall–Kier alpha value is -0.980. The van der Waals surface area contributed by atoms with Crippen LogP contribution in [0.25, 0.3) is 0 Å². The van der Waals surface area contributed by atoms with Crippen LogP contribution in [0.2, 0.25) is 0 Å². The summed E-state index contributed by atoms with van der Waals surface area (Å²) >= 11 is 2.96. The summed E-state index contributed by atoms with van der Waals surface area (Å²) in [6, 6.07) is 1.21. The topological polar surface area (TPSA) is 31.2 Å². The Labute approximate surface area is 91.9 Å². The highest BCUT2D eigenvalue weighted by atomic mass is 79.9. The number of methoxy groups -OCH3 is 1. The van der Waals surface area contributed by atoms with Gasteiger partial charge in [-0.25, -0.2) is 18.0 Å². The van der Waals surface area contributed by atoms with Crippen LogP contribution in [0.15, 0.2) is 16.7 Å². The number of hydrogen-bond donors (Lipinski definition) is 0. The van der Waals surface area contributed by atoms with Crippen molar-refractivity contribution in [3.63, 3.8) is 0 Å². The van der Waals surface area contributed by atoms with Gasteiger partial charge in [-0.3, -0.25) is 0 Å². The monoisotopic (exact) mass is 285 g/mol. The van der Waals surface area contributed by atoms with E-state index in [4.69, 9.17) is 0 Å². The fourth-order valence-corrected chi connectivity index (χ4v) is 1.48. The second-order valence-electron chi connectivity index (χ2n) is 2.65. The van der Waals surface area contributed by atoms with E-state index in [1.807, 2.05) is 0 Å². The van der Waals surface area contributed by atoms with Gasteiger partial charge in [0.15, 0.2) is 0 Å². The van der Waals surface area contributed by atoms with E-state index in [0.29, 0.717) is 9.04 Å². The lowest BCUT2D eigenvalue weighted by Crippen LogP contribution is -2.17. The molecular weight excluding hydrogens is 279 g/mol. The van der Waals surface area contributed by atoms with Gasteiger partial charge in [-0.05, 0) is 22.0 Å². The van der Waals surface area contributed by atoms with Crippen molar-refractivity contribution in [1.29, 1.82) is 0 Å². The summed E-state index contributed by atoms with van der Waals surface area (Å²) in [4.78, 5) is 11.1. The van der Waals surface area contributed by atoms with E-state index in [2.05, 4.69) is 20.7 Å². The van der Waals surface area contributed by atoms with Gasteiger partial charge >= 0.3 is 5.97 Å². The predicted molar refractivity (Wildman–Crippen MR) is 49.6 cm³/mol. The first-order chi connectivity index (χ1) is 6.97. The lowest BCUT2D eigenvalue weighted by Gasteiger charge is -2.11. The SMILES string of the molecule is COC(=O)c1cc(Br)cn1C(F)C(F)F. The molecule has 0 aliphatic rings. The fraction of sp³-hybridized carbons (Fsp3) is 0.375. The van der Waals surface area contributed by atoms with E-state index in [1.54, 1.807) is 0 Å². The maximum absolute atomic E-state index is 13.0. The van der Waals surface area contributed by atoms with Gasteiger partial charge in [0.2, 0.25) is 6.30 Å². The number of esters is 1. The first kappa shape index (κ1) is 12.1. The molecule has 0 aliphatic carbocycles. The molecule has 0 saturated heterocycles. The van der Waals surface area contributed by atoms with E-state index in [1.165, 1.54) is 6.07 Å². The lowest BCUT2D eigenvalue weighted by atomic mass is 10.4. The van der Waals surface area contributed by atoms with Crippen molar-refractivity contribution in [2.75, 3.05) is 7.11 Å². The van der Waals surface area contributed by atoms with E-state index in [-0.39, 0.29) is 5.69 Å². The molecule has 1 aromatic heterocycles. The summed E-state index contributed by atoms with van der Waals surface area (Å²) < 4.78 is 42.4. The summed E-state index contributed by atoms with van der Waals surface area (Å²) in [5.41, 5.74) is -0.267. The number of alkyl halides is 3. The minimum atomic E-state index is -3.20. The second-order valence-corrected chi connectivity index (χ2v) is 3.57. The van der Waals surface area contributed by atoms with Crippen LogP contribution in [0.3, 0.4) is 0 Å². The van der Waals surface area contributed by atoms with E-state index >= 15 is 0 Å². The average Bonchev–Trinajstić information content (AvgIpc) is 2.57.